The number of nitrogens with two attached hydrogens (primary N) is 1. The van der Waals surface area contributed by atoms with Crippen LogP contribution in [0.15, 0.2) is 48.5 Å². The van der Waals surface area contributed by atoms with Crippen molar-refractivity contribution in [3.05, 3.63) is 70.8 Å². The van der Waals surface area contributed by atoms with Crippen LogP contribution in [-0.2, 0) is 25.7 Å². The van der Waals surface area contributed by atoms with Crippen LogP contribution in [0.5, 0.6) is 0 Å². The lowest BCUT2D eigenvalue weighted by atomic mass is 9.96. The van der Waals surface area contributed by atoms with Crippen LogP contribution in [0, 0.1) is 13.8 Å². The van der Waals surface area contributed by atoms with Gasteiger partial charge >= 0.3 is 6.09 Å². The number of carbonyl (C=O) groups excluding carboxylic acids is 4. The van der Waals surface area contributed by atoms with Gasteiger partial charge in [-0.25, -0.2) is 4.79 Å². The van der Waals surface area contributed by atoms with E-state index in [0.717, 1.165) is 16.7 Å². The van der Waals surface area contributed by atoms with Crippen molar-refractivity contribution in [1.29, 1.82) is 0 Å². The number of nitrogens with zero attached hydrogens (tertiary/aromatic N) is 1. The number of amides is 4. The summed E-state index contributed by atoms with van der Waals surface area (Å²) < 4.78 is 5.27. The van der Waals surface area contributed by atoms with Crippen molar-refractivity contribution in [2.75, 3.05) is 6.54 Å². The van der Waals surface area contributed by atoms with Crippen molar-refractivity contribution in [2.45, 2.75) is 72.2 Å². The summed E-state index contributed by atoms with van der Waals surface area (Å²) in [7, 11) is 0. The van der Waals surface area contributed by atoms with Gasteiger partial charge in [-0.1, -0.05) is 54.1 Å². The van der Waals surface area contributed by atoms with Crippen molar-refractivity contribution in [3.8, 4) is 0 Å². The molecule has 2 aromatic carbocycles. The van der Waals surface area contributed by atoms with Crippen LogP contribution < -0.4 is 16.4 Å². The number of rotatable bonds is 10. The quantitative estimate of drug-likeness (QED) is 0.452. The van der Waals surface area contributed by atoms with Gasteiger partial charge in [0.2, 0.25) is 17.7 Å². The van der Waals surface area contributed by atoms with E-state index in [4.69, 9.17) is 10.5 Å². The Morgan fingerprint density at radius 3 is 2.22 bits per heavy atom. The molecule has 9 nitrogen and oxygen atoms in total. The molecule has 2 rings (SSSR count). The number of hydrogen-bond donors (Lipinski definition) is 3. The second-order valence-corrected chi connectivity index (χ2v) is 9.96. The van der Waals surface area contributed by atoms with Gasteiger partial charge in [0.1, 0.15) is 17.7 Å². The van der Waals surface area contributed by atoms with E-state index in [0.29, 0.717) is 5.56 Å². The van der Waals surface area contributed by atoms with Gasteiger partial charge in [0.05, 0.1) is 6.42 Å². The summed E-state index contributed by atoms with van der Waals surface area (Å²) in [5.41, 5.74) is 7.97. The molecule has 200 valence electrons. The highest BCUT2D eigenvalue weighted by Gasteiger charge is 2.36. The minimum atomic E-state index is -1.30. The summed E-state index contributed by atoms with van der Waals surface area (Å²) >= 11 is 0. The zero-order valence-electron chi connectivity index (χ0n) is 22.5. The zero-order chi connectivity index (χ0) is 27.8. The highest BCUT2D eigenvalue weighted by atomic mass is 16.6. The van der Waals surface area contributed by atoms with Gasteiger partial charge in [0.25, 0.3) is 0 Å². The summed E-state index contributed by atoms with van der Waals surface area (Å²) in [6.07, 6.45) is -1.31. The van der Waals surface area contributed by atoms with Crippen LogP contribution in [-0.4, -0.2) is 46.9 Å². The fourth-order valence-corrected chi connectivity index (χ4v) is 3.98. The molecule has 0 fully saturated rings. The van der Waals surface area contributed by atoms with Crippen LogP contribution in [0.2, 0.25) is 0 Å². The third-order valence-electron chi connectivity index (χ3n) is 5.61. The Balaban J connectivity index is 2.43. The normalized spacial score (nSPS) is 12.7. The lowest BCUT2D eigenvalue weighted by molar-refractivity contribution is -0.143. The van der Waals surface area contributed by atoms with Crippen molar-refractivity contribution in [3.63, 3.8) is 0 Å². The number of ether oxygens (including phenoxy) is 1. The topological polar surface area (TPSA) is 131 Å². The smallest absolute Gasteiger partial charge is 0.408 e. The van der Waals surface area contributed by atoms with E-state index in [-0.39, 0.29) is 19.0 Å². The first-order valence-electron chi connectivity index (χ1n) is 12.3. The first-order chi connectivity index (χ1) is 17.3. The van der Waals surface area contributed by atoms with Crippen LogP contribution in [0.25, 0.3) is 0 Å². The largest absolute Gasteiger partial charge is 0.444 e. The van der Waals surface area contributed by atoms with E-state index in [1.165, 1.54) is 4.90 Å². The zero-order valence-corrected chi connectivity index (χ0v) is 22.5. The van der Waals surface area contributed by atoms with Gasteiger partial charge in [0, 0.05) is 13.1 Å². The predicted octanol–water partition coefficient (Wildman–Crippen LogP) is 3.28. The first kappa shape index (κ1) is 29.4. The highest BCUT2D eigenvalue weighted by molar-refractivity contribution is 5.94. The van der Waals surface area contributed by atoms with Gasteiger partial charge in [-0.2, -0.15) is 0 Å². The molecule has 0 radical (unpaired) electrons. The third-order valence-corrected chi connectivity index (χ3v) is 5.61. The Labute approximate surface area is 218 Å². The standard InChI is InChI=1S/C28H38N4O5/c1-7-32(26(35)22(16-23(29)33)31-27(36)37-28(4,5)6)24(21-14-13-18(2)15-19(21)3)25(34)30-17-20-11-9-8-10-12-20/h8-15,22,24H,7,16-17H2,1-6H3,(H2,29,33)(H,30,34)(H,31,36). The minimum Gasteiger partial charge on any atom is -0.444 e. The third kappa shape index (κ3) is 8.93. The average Bonchev–Trinajstić information content (AvgIpc) is 2.80. The van der Waals surface area contributed by atoms with Gasteiger partial charge in [-0.15, -0.1) is 0 Å². The Kier molecular flexibility index (Phi) is 10.2. The summed E-state index contributed by atoms with van der Waals surface area (Å²) in [6.45, 7) is 11.0. The second-order valence-electron chi connectivity index (χ2n) is 9.96. The van der Waals surface area contributed by atoms with Gasteiger partial charge in [0.15, 0.2) is 0 Å². The van der Waals surface area contributed by atoms with Crippen LogP contribution >= 0.6 is 0 Å². The van der Waals surface area contributed by atoms with Crippen molar-refractivity contribution in [2.24, 2.45) is 5.73 Å². The molecule has 0 aliphatic heterocycles. The van der Waals surface area contributed by atoms with Crippen LogP contribution in [0.4, 0.5) is 4.79 Å². The average molecular weight is 511 g/mol. The molecule has 0 aliphatic carbocycles. The Bertz CT molecular complexity index is 1110. The molecule has 0 heterocycles. The number of alkyl carbamates (subject to hydrolysis) is 1. The van der Waals surface area contributed by atoms with E-state index in [2.05, 4.69) is 10.6 Å². The van der Waals surface area contributed by atoms with Gasteiger partial charge in [-0.05, 0) is 58.2 Å². The van der Waals surface area contributed by atoms with Gasteiger partial charge < -0.3 is 26.0 Å². The van der Waals surface area contributed by atoms with E-state index in [1.807, 2.05) is 62.4 Å². The maximum atomic E-state index is 13.8. The number of primary amides is 1. The molecule has 0 saturated heterocycles. The lowest BCUT2D eigenvalue weighted by Crippen LogP contribution is -2.54. The van der Waals surface area contributed by atoms with Gasteiger partial charge in [-0.3, -0.25) is 14.4 Å². The number of hydrogen-bond acceptors (Lipinski definition) is 5. The Morgan fingerprint density at radius 2 is 1.68 bits per heavy atom. The molecule has 0 saturated carbocycles. The summed E-state index contributed by atoms with van der Waals surface area (Å²) in [5.74, 6) is -1.78. The Hall–Kier alpha value is -3.88. The van der Waals surface area contributed by atoms with Crippen molar-refractivity contribution >= 4 is 23.8 Å². The molecule has 2 aromatic rings. The monoisotopic (exact) mass is 510 g/mol. The van der Waals surface area contributed by atoms with Crippen molar-refractivity contribution in [1.82, 2.24) is 15.5 Å². The summed E-state index contributed by atoms with van der Waals surface area (Å²) in [4.78, 5) is 53.0. The summed E-state index contributed by atoms with van der Waals surface area (Å²) in [5, 5.41) is 5.39. The number of benzene rings is 2. The fourth-order valence-electron chi connectivity index (χ4n) is 3.98. The van der Waals surface area contributed by atoms with E-state index < -0.39 is 42.0 Å². The molecule has 37 heavy (non-hydrogen) atoms. The molecule has 9 heteroatoms. The molecule has 0 aromatic heterocycles. The van der Waals surface area contributed by atoms with Crippen molar-refractivity contribution < 1.29 is 23.9 Å². The maximum absolute atomic E-state index is 13.8. The molecular formula is C28H38N4O5. The van der Waals surface area contributed by atoms with E-state index in [9.17, 15) is 19.2 Å². The highest BCUT2D eigenvalue weighted by Crippen LogP contribution is 2.27. The molecule has 0 spiro atoms. The fraction of sp³-hybridized carbons (Fsp3) is 0.429. The maximum Gasteiger partial charge on any atom is 0.408 e. The van der Waals surface area contributed by atoms with E-state index in [1.54, 1.807) is 27.7 Å². The number of carbonyl (C=O) groups is 4. The molecule has 2 atom stereocenters. The number of aryl methyl sites for hydroxylation is 2. The second kappa shape index (κ2) is 12.9. The molecule has 4 N–H and O–H groups in total. The first-order valence-corrected chi connectivity index (χ1v) is 12.3. The molecule has 0 bridgehead atoms. The van der Waals surface area contributed by atoms with Crippen LogP contribution in [0.3, 0.4) is 0 Å². The lowest BCUT2D eigenvalue weighted by Gasteiger charge is -2.34. The molecular weight excluding hydrogens is 472 g/mol. The summed E-state index contributed by atoms with van der Waals surface area (Å²) in [6, 6.07) is 12.7. The number of nitrogens with one attached hydrogen (secondary N) is 2. The molecule has 2 unspecified atom stereocenters. The van der Waals surface area contributed by atoms with Crippen LogP contribution in [0.1, 0.15) is 62.4 Å². The number of likely N-dealkylation sites (N-methyl/N-ethyl adjacent to an activating group) is 1. The minimum absolute atomic E-state index is 0.140. The molecule has 0 aliphatic rings. The van der Waals surface area contributed by atoms with E-state index >= 15 is 0 Å². The predicted molar refractivity (Wildman–Crippen MR) is 141 cm³/mol. The Morgan fingerprint density at radius 1 is 1.03 bits per heavy atom. The molecule has 4 amide bonds. The SMILES string of the molecule is CCN(C(=O)C(CC(N)=O)NC(=O)OC(C)(C)C)C(C(=O)NCc1ccccc1)c1ccc(C)cc1C.